The van der Waals surface area contributed by atoms with E-state index in [0.717, 1.165) is 0 Å². The van der Waals surface area contributed by atoms with E-state index in [2.05, 4.69) is 0 Å². The van der Waals surface area contributed by atoms with Crippen LogP contribution in [-0.2, 0) is 44.9 Å². The van der Waals surface area contributed by atoms with Crippen LogP contribution < -0.4 is 11.5 Å². The molecule has 0 aromatic heterocycles. The molecule has 0 saturated heterocycles. The first-order chi connectivity index (χ1) is 15.0. The lowest BCUT2D eigenvalue weighted by atomic mass is 9.84. The highest BCUT2D eigenvalue weighted by Gasteiger charge is 2.25. The van der Waals surface area contributed by atoms with Gasteiger partial charge in [-0.05, 0) is 33.9 Å². The van der Waals surface area contributed by atoms with Gasteiger partial charge in [0.15, 0.2) is 0 Å². The number of aliphatic carboxylic acids is 4. The molecule has 0 radical (unpaired) electrons. The number of hydrogen-bond acceptors (Lipinski definition) is 6. The predicted molar refractivity (Wildman–Crippen MR) is 113 cm³/mol. The van der Waals surface area contributed by atoms with Gasteiger partial charge in [-0.1, -0.05) is 30.3 Å². The Bertz CT molecular complexity index is 1110. The molecular formula is C22H22N2O8. The van der Waals surface area contributed by atoms with Gasteiger partial charge in [0.1, 0.15) is 0 Å². The van der Waals surface area contributed by atoms with Crippen LogP contribution in [0.2, 0.25) is 0 Å². The van der Waals surface area contributed by atoms with E-state index in [1.165, 1.54) is 6.07 Å². The van der Waals surface area contributed by atoms with Gasteiger partial charge in [0.25, 0.3) is 0 Å². The fourth-order valence-corrected chi connectivity index (χ4v) is 3.46. The molecule has 0 aliphatic rings. The van der Waals surface area contributed by atoms with Crippen molar-refractivity contribution in [2.45, 2.75) is 25.7 Å². The molecule has 10 nitrogen and oxygen atoms in total. The third-order valence-electron chi connectivity index (χ3n) is 4.75. The molecule has 0 amide bonds. The lowest BCUT2D eigenvalue weighted by Gasteiger charge is -2.21. The van der Waals surface area contributed by atoms with Crippen molar-refractivity contribution in [2.24, 2.45) is 11.5 Å². The van der Waals surface area contributed by atoms with Gasteiger partial charge < -0.3 is 31.9 Å². The van der Waals surface area contributed by atoms with Crippen LogP contribution in [0, 0.1) is 0 Å². The van der Waals surface area contributed by atoms with Gasteiger partial charge in [-0.15, -0.1) is 0 Å². The average Bonchev–Trinajstić information content (AvgIpc) is 2.70. The minimum absolute atomic E-state index is 0.0177. The molecule has 0 atom stereocenters. The summed E-state index contributed by atoms with van der Waals surface area (Å²) in [5.74, 6) is -5.27. The fourth-order valence-electron chi connectivity index (χ4n) is 3.46. The first kappa shape index (κ1) is 23.9. The molecule has 32 heavy (non-hydrogen) atoms. The first-order valence-corrected chi connectivity index (χ1v) is 9.35. The van der Waals surface area contributed by atoms with Crippen molar-refractivity contribution in [3.05, 3.63) is 69.8 Å². The quantitative estimate of drug-likeness (QED) is 0.287. The molecular weight excluding hydrogens is 420 g/mol. The Morgan fingerprint density at radius 3 is 1.59 bits per heavy atom. The van der Waals surface area contributed by atoms with Crippen molar-refractivity contribution >= 4 is 35.3 Å². The van der Waals surface area contributed by atoms with Crippen molar-refractivity contribution in [3.8, 4) is 0 Å². The van der Waals surface area contributed by atoms with Crippen LogP contribution in [0.3, 0.4) is 0 Å². The second-order valence-electron chi connectivity index (χ2n) is 6.99. The SMILES string of the molecule is NC(=C(N)c1cc(CC(=O)O)c(CC(=O)O)c(CC(=O)O)c1CC(=O)O)c1ccccc1. The largest absolute Gasteiger partial charge is 0.481 e. The number of carboxylic acids is 4. The summed E-state index contributed by atoms with van der Waals surface area (Å²) in [5.41, 5.74) is 12.8. The van der Waals surface area contributed by atoms with E-state index >= 15 is 0 Å². The maximum Gasteiger partial charge on any atom is 0.307 e. The highest BCUT2D eigenvalue weighted by molar-refractivity contribution is 5.91. The lowest BCUT2D eigenvalue weighted by Crippen LogP contribution is -2.20. The van der Waals surface area contributed by atoms with Crippen molar-refractivity contribution in [1.82, 2.24) is 0 Å². The van der Waals surface area contributed by atoms with Gasteiger partial charge in [-0.3, -0.25) is 19.2 Å². The number of carbonyl (C=O) groups is 4. The molecule has 0 aliphatic carbocycles. The minimum atomic E-state index is -1.35. The highest BCUT2D eigenvalue weighted by Crippen LogP contribution is 2.31. The normalized spacial score (nSPS) is 11.5. The standard InChI is InChI=1S/C22H22N2O8/c23-21(11-4-2-1-3-5-11)22(24)16-6-12(7-17(25)26)13(8-18(27)28)14(9-19(29)30)15(16)10-20(31)32/h1-6H,7-10,23-24H2,(H,25,26)(H,27,28)(H,29,30)(H,31,32). The zero-order valence-corrected chi connectivity index (χ0v) is 16.9. The number of rotatable bonds is 10. The summed E-state index contributed by atoms with van der Waals surface area (Å²) in [4.78, 5) is 45.9. The van der Waals surface area contributed by atoms with Crippen LogP contribution in [0.5, 0.6) is 0 Å². The molecule has 2 rings (SSSR count). The van der Waals surface area contributed by atoms with E-state index < -0.39 is 49.6 Å². The molecule has 2 aromatic rings. The first-order valence-electron chi connectivity index (χ1n) is 9.35. The number of hydrogen-bond donors (Lipinski definition) is 6. The van der Waals surface area contributed by atoms with Crippen LogP contribution >= 0.6 is 0 Å². The molecule has 0 spiro atoms. The second-order valence-corrected chi connectivity index (χ2v) is 6.99. The molecule has 0 fully saturated rings. The lowest BCUT2D eigenvalue weighted by molar-refractivity contribution is -0.138. The number of carboxylic acid groups (broad SMARTS) is 4. The maximum absolute atomic E-state index is 11.6. The average molecular weight is 442 g/mol. The predicted octanol–water partition coefficient (Wildman–Crippen LogP) is 0.938. The van der Waals surface area contributed by atoms with E-state index in [9.17, 15) is 39.6 Å². The summed E-state index contributed by atoms with van der Waals surface area (Å²) < 4.78 is 0. The van der Waals surface area contributed by atoms with Gasteiger partial charge in [0, 0.05) is 5.56 Å². The van der Waals surface area contributed by atoms with Crippen LogP contribution in [0.4, 0.5) is 0 Å². The molecule has 10 heteroatoms. The Balaban J connectivity index is 2.95. The summed E-state index contributed by atoms with van der Waals surface area (Å²) in [6.07, 6.45) is -2.69. The van der Waals surface area contributed by atoms with Crippen molar-refractivity contribution in [3.63, 3.8) is 0 Å². The monoisotopic (exact) mass is 442 g/mol. The van der Waals surface area contributed by atoms with Crippen molar-refractivity contribution < 1.29 is 39.6 Å². The van der Waals surface area contributed by atoms with E-state index in [1.807, 2.05) is 0 Å². The summed E-state index contributed by atoms with van der Waals surface area (Å²) in [7, 11) is 0. The van der Waals surface area contributed by atoms with Crippen LogP contribution in [0.25, 0.3) is 11.4 Å². The molecule has 0 heterocycles. The third-order valence-corrected chi connectivity index (χ3v) is 4.75. The molecule has 0 aliphatic heterocycles. The van der Waals surface area contributed by atoms with Gasteiger partial charge in [0.2, 0.25) is 0 Å². The Morgan fingerprint density at radius 1 is 0.625 bits per heavy atom. The summed E-state index contributed by atoms with van der Waals surface area (Å²) >= 11 is 0. The number of benzene rings is 2. The van der Waals surface area contributed by atoms with E-state index in [4.69, 9.17) is 11.5 Å². The minimum Gasteiger partial charge on any atom is -0.481 e. The Morgan fingerprint density at radius 2 is 1.09 bits per heavy atom. The highest BCUT2D eigenvalue weighted by atomic mass is 16.4. The molecule has 0 saturated carbocycles. The van der Waals surface area contributed by atoms with Gasteiger partial charge in [-0.2, -0.15) is 0 Å². The molecule has 0 unspecified atom stereocenters. The van der Waals surface area contributed by atoms with Crippen LogP contribution in [0.1, 0.15) is 33.4 Å². The van der Waals surface area contributed by atoms with Gasteiger partial charge >= 0.3 is 23.9 Å². The Kier molecular flexibility index (Phi) is 7.56. The molecule has 0 bridgehead atoms. The topological polar surface area (TPSA) is 201 Å². The molecule has 8 N–H and O–H groups in total. The fraction of sp³-hybridized carbons (Fsp3) is 0.182. The van der Waals surface area contributed by atoms with Gasteiger partial charge in [0.05, 0.1) is 37.1 Å². The summed E-state index contributed by atoms with van der Waals surface area (Å²) in [6, 6.07) is 9.76. The smallest absolute Gasteiger partial charge is 0.307 e. The second kappa shape index (κ2) is 10.1. The Labute approximate surface area is 182 Å². The van der Waals surface area contributed by atoms with Crippen molar-refractivity contribution in [2.75, 3.05) is 0 Å². The number of nitrogens with two attached hydrogens (primary N) is 2. The zero-order chi connectivity index (χ0) is 24.0. The molecule has 2 aromatic carbocycles. The maximum atomic E-state index is 11.6. The van der Waals surface area contributed by atoms with Crippen molar-refractivity contribution in [1.29, 1.82) is 0 Å². The van der Waals surface area contributed by atoms with E-state index in [-0.39, 0.29) is 39.2 Å². The Hall–Kier alpha value is -4.34. The third kappa shape index (κ3) is 5.85. The summed E-state index contributed by atoms with van der Waals surface area (Å²) in [5, 5.41) is 37.4. The van der Waals surface area contributed by atoms with E-state index in [0.29, 0.717) is 5.56 Å². The zero-order valence-electron chi connectivity index (χ0n) is 16.9. The molecule has 168 valence electrons. The summed E-state index contributed by atoms with van der Waals surface area (Å²) in [6.45, 7) is 0. The van der Waals surface area contributed by atoms with Crippen LogP contribution in [-0.4, -0.2) is 44.3 Å². The van der Waals surface area contributed by atoms with Crippen LogP contribution in [0.15, 0.2) is 36.4 Å². The van der Waals surface area contributed by atoms with E-state index in [1.54, 1.807) is 30.3 Å². The van der Waals surface area contributed by atoms with Gasteiger partial charge in [-0.25, -0.2) is 0 Å².